The van der Waals surface area contributed by atoms with Crippen molar-refractivity contribution in [3.05, 3.63) is 65.7 Å². The predicted molar refractivity (Wildman–Crippen MR) is 108 cm³/mol. The van der Waals surface area contributed by atoms with Crippen LogP contribution in [0.2, 0.25) is 0 Å². The van der Waals surface area contributed by atoms with Crippen LogP contribution in [0.25, 0.3) is 0 Å². The molecule has 2 atom stereocenters. The van der Waals surface area contributed by atoms with Gasteiger partial charge in [-0.3, -0.25) is 4.79 Å². The second kappa shape index (κ2) is 9.76. The molecule has 0 fully saturated rings. The molecule has 5 heteroatoms. The van der Waals surface area contributed by atoms with Crippen molar-refractivity contribution in [1.82, 2.24) is 5.32 Å². The van der Waals surface area contributed by atoms with Crippen LogP contribution in [0, 0.1) is 0 Å². The molecule has 0 heterocycles. The predicted octanol–water partition coefficient (Wildman–Crippen LogP) is 3.96. The van der Waals surface area contributed by atoms with E-state index in [-0.39, 0.29) is 11.9 Å². The van der Waals surface area contributed by atoms with Gasteiger partial charge in [0.25, 0.3) is 5.91 Å². The maximum atomic E-state index is 12.3. The van der Waals surface area contributed by atoms with Crippen LogP contribution in [0.4, 0.5) is 5.69 Å². The number of esters is 1. The second-order valence-corrected chi connectivity index (χ2v) is 6.41. The normalized spacial score (nSPS) is 12.7. The van der Waals surface area contributed by atoms with E-state index in [2.05, 4.69) is 24.1 Å². The molecule has 0 radical (unpaired) electrons. The lowest BCUT2D eigenvalue weighted by atomic mass is 10.1. The first kappa shape index (κ1) is 20.5. The zero-order valence-corrected chi connectivity index (χ0v) is 16.4. The standard InChI is InChI=1S/C22H28N2O3/c1-5-24(6-2)20-14-12-19(13-15-20)22(26)27-17(4)21(25)23-16(3)18-10-8-7-9-11-18/h7-17H,5-6H2,1-4H3,(H,23,25). The maximum Gasteiger partial charge on any atom is 0.338 e. The van der Waals surface area contributed by atoms with Crippen molar-refractivity contribution < 1.29 is 14.3 Å². The van der Waals surface area contributed by atoms with E-state index in [1.807, 2.05) is 49.4 Å². The van der Waals surface area contributed by atoms with Gasteiger partial charge in [-0.2, -0.15) is 0 Å². The highest BCUT2D eigenvalue weighted by Crippen LogP contribution is 2.16. The highest BCUT2D eigenvalue weighted by atomic mass is 16.5. The van der Waals surface area contributed by atoms with Crippen LogP contribution in [-0.2, 0) is 9.53 Å². The molecular formula is C22H28N2O3. The Balaban J connectivity index is 1.93. The number of ether oxygens (including phenoxy) is 1. The van der Waals surface area contributed by atoms with E-state index in [0.29, 0.717) is 5.56 Å². The lowest BCUT2D eigenvalue weighted by molar-refractivity contribution is -0.129. The van der Waals surface area contributed by atoms with E-state index in [9.17, 15) is 9.59 Å². The zero-order valence-electron chi connectivity index (χ0n) is 16.4. The molecule has 0 saturated carbocycles. The first-order valence-corrected chi connectivity index (χ1v) is 9.37. The summed E-state index contributed by atoms with van der Waals surface area (Å²) in [4.78, 5) is 26.8. The highest BCUT2D eigenvalue weighted by Gasteiger charge is 2.21. The number of hydrogen-bond donors (Lipinski definition) is 1. The number of carbonyl (C=O) groups excluding carboxylic acids is 2. The number of rotatable bonds is 8. The Hall–Kier alpha value is -2.82. The van der Waals surface area contributed by atoms with Crippen molar-refractivity contribution in [1.29, 1.82) is 0 Å². The van der Waals surface area contributed by atoms with Gasteiger partial charge in [-0.1, -0.05) is 30.3 Å². The van der Waals surface area contributed by atoms with Crippen LogP contribution in [-0.4, -0.2) is 31.1 Å². The van der Waals surface area contributed by atoms with Crippen LogP contribution in [0.3, 0.4) is 0 Å². The molecule has 2 rings (SSSR count). The largest absolute Gasteiger partial charge is 0.449 e. The van der Waals surface area contributed by atoms with Gasteiger partial charge in [-0.15, -0.1) is 0 Å². The SMILES string of the molecule is CCN(CC)c1ccc(C(=O)OC(C)C(=O)NC(C)c2ccccc2)cc1. The van der Waals surface area contributed by atoms with Crippen LogP contribution >= 0.6 is 0 Å². The minimum atomic E-state index is -0.869. The molecule has 0 spiro atoms. The molecule has 0 aliphatic rings. The van der Waals surface area contributed by atoms with Gasteiger partial charge in [0.2, 0.25) is 0 Å². The van der Waals surface area contributed by atoms with Gasteiger partial charge in [0.15, 0.2) is 6.10 Å². The van der Waals surface area contributed by atoms with E-state index in [4.69, 9.17) is 4.74 Å². The fourth-order valence-corrected chi connectivity index (χ4v) is 2.83. The van der Waals surface area contributed by atoms with E-state index in [0.717, 1.165) is 24.3 Å². The molecule has 5 nitrogen and oxygen atoms in total. The minimum Gasteiger partial charge on any atom is -0.449 e. The minimum absolute atomic E-state index is 0.159. The monoisotopic (exact) mass is 368 g/mol. The third-order valence-electron chi connectivity index (χ3n) is 4.54. The molecule has 0 aliphatic carbocycles. The zero-order chi connectivity index (χ0) is 19.8. The number of anilines is 1. The molecule has 2 aromatic carbocycles. The summed E-state index contributed by atoms with van der Waals surface area (Å²) in [6.45, 7) is 9.45. The van der Waals surface area contributed by atoms with Crippen molar-refractivity contribution in [2.24, 2.45) is 0 Å². The molecular weight excluding hydrogens is 340 g/mol. The van der Waals surface area contributed by atoms with Crippen LogP contribution in [0.15, 0.2) is 54.6 Å². The van der Waals surface area contributed by atoms with Gasteiger partial charge in [0.05, 0.1) is 11.6 Å². The van der Waals surface area contributed by atoms with Gasteiger partial charge >= 0.3 is 5.97 Å². The van der Waals surface area contributed by atoms with E-state index >= 15 is 0 Å². The van der Waals surface area contributed by atoms with Crippen molar-refractivity contribution in [3.8, 4) is 0 Å². The average molecular weight is 368 g/mol. The van der Waals surface area contributed by atoms with E-state index in [1.54, 1.807) is 19.1 Å². The Bertz CT molecular complexity index is 740. The van der Waals surface area contributed by atoms with Gasteiger partial charge in [0.1, 0.15) is 0 Å². The summed E-state index contributed by atoms with van der Waals surface area (Å²) in [6, 6.07) is 16.7. The topological polar surface area (TPSA) is 58.6 Å². The van der Waals surface area contributed by atoms with Crippen LogP contribution in [0.1, 0.15) is 49.7 Å². The summed E-state index contributed by atoms with van der Waals surface area (Å²) >= 11 is 0. The first-order valence-electron chi connectivity index (χ1n) is 9.37. The van der Waals surface area contributed by atoms with Gasteiger partial charge in [-0.25, -0.2) is 4.79 Å². The Labute approximate surface area is 161 Å². The molecule has 2 unspecified atom stereocenters. The lowest BCUT2D eigenvalue weighted by Crippen LogP contribution is -2.37. The number of amides is 1. The highest BCUT2D eigenvalue weighted by molar-refractivity contribution is 5.92. The number of nitrogens with zero attached hydrogens (tertiary/aromatic N) is 1. The van der Waals surface area contributed by atoms with Crippen molar-refractivity contribution in [2.45, 2.75) is 39.8 Å². The Morgan fingerprint density at radius 3 is 2.11 bits per heavy atom. The summed E-state index contributed by atoms with van der Waals surface area (Å²) < 4.78 is 5.32. The molecule has 144 valence electrons. The summed E-state index contributed by atoms with van der Waals surface area (Å²) in [5.41, 5.74) is 2.48. The second-order valence-electron chi connectivity index (χ2n) is 6.41. The maximum absolute atomic E-state index is 12.3. The fourth-order valence-electron chi connectivity index (χ4n) is 2.83. The molecule has 0 aliphatic heterocycles. The number of hydrogen-bond acceptors (Lipinski definition) is 4. The lowest BCUT2D eigenvalue weighted by Gasteiger charge is -2.21. The molecule has 1 N–H and O–H groups in total. The number of carbonyl (C=O) groups is 2. The Kier molecular flexibility index (Phi) is 7.41. The molecule has 27 heavy (non-hydrogen) atoms. The third kappa shape index (κ3) is 5.58. The summed E-state index contributed by atoms with van der Waals surface area (Å²) in [5, 5.41) is 2.87. The molecule has 1 amide bonds. The average Bonchev–Trinajstić information content (AvgIpc) is 2.70. The summed E-state index contributed by atoms with van der Waals surface area (Å²) in [7, 11) is 0. The van der Waals surface area contributed by atoms with Crippen LogP contribution in [0.5, 0.6) is 0 Å². The fraction of sp³-hybridized carbons (Fsp3) is 0.364. The first-order chi connectivity index (χ1) is 13.0. The van der Waals surface area contributed by atoms with Gasteiger partial charge in [-0.05, 0) is 57.5 Å². The smallest absolute Gasteiger partial charge is 0.338 e. The molecule has 0 bridgehead atoms. The van der Waals surface area contributed by atoms with E-state index < -0.39 is 12.1 Å². The quantitative estimate of drug-likeness (QED) is 0.717. The Morgan fingerprint density at radius 2 is 1.56 bits per heavy atom. The molecule has 0 saturated heterocycles. The van der Waals surface area contributed by atoms with Gasteiger partial charge < -0.3 is 15.0 Å². The van der Waals surface area contributed by atoms with E-state index in [1.165, 1.54) is 0 Å². The van der Waals surface area contributed by atoms with Crippen molar-refractivity contribution in [3.63, 3.8) is 0 Å². The molecule has 2 aromatic rings. The van der Waals surface area contributed by atoms with Crippen molar-refractivity contribution >= 4 is 17.6 Å². The van der Waals surface area contributed by atoms with Crippen LogP contribution < -0.4 is 10.2 Å². The molecule has 0 aromatic heterocycles. The van der Waals surface area contributed by atoms with Crippen molar-refractivity contribution in [2.75, 3.05) is 18.0 Å². The number of benzene rings is 2. The van der Waals surface area contributed by atoms with Gasteiger partial charge in [0, 0.05) is 18.8 Å². The summed E-state index contributed by atoms with van der Waals surface area (Å²) in [5.74, 6) is -0.824. The number of nitrogens with one attached hydrogen (secondary N) is 1. The third-order valence-corrected chi connectivity index (χ3v) is 4.54. The Morgan fingerprint density at radius 1 is 0.963 bits per heavy atom. The summed E-state index contributed by atoms with van der Waals surface area (Å²) in [6.07, 6.45) is -0.869.